The van der Waals surface area contributed by atoms with E-state index in [0.29, 0.717) is 10.9 Å². The molecule has 114 valence electrons. The van der Waals surface area contributed by atoms with Crippen LogP contribution in [0, 0.1) is 17.0 Å². The van der Waals surface area contributed by atoms with Crippen molar-refractivity contribution in [3.8, 4) is 0 Å². The van der Waals surface area contributed by atoms with Gasteiger partial charge in [-0.3, -0.25) is 0 Å². The molecule has 0 fully saturated rings. The normalized spacial score (nSPS) is 13.6. The lowest BCUT2D eigenvalue weighted by Crippen LogP contribution is -2.35. The van der Waals surface area contributed by atoms with E-state index in [2.05, 4.69) is 48.9 Å². The van der Waals surface area contributed by atoms with E-state index in [1.54, 1.807) is 0 Å². The molecule has 0 bridgehead atoms. The molecule has 0 aliphatic rings. The topological polar surface area (TPSA) is 12.0 Å². The second kappa shape index (κ2) is 7.51. The molecule has 0 aliphatic carbocycles. The predicted molar refractivity (Wildman–Crippen MR) is 83.9 cm³/mol. The highest BCUT2D eigenvalue weighted by Crippen LogP contribution is 2.26. The highest BCUT2D eigenvalue weighted by Gasteiger charge is 2.22. The molecule has 1 aromatic carbocycles. The van der Waals surface area contributed by atoms with Crippen LogP contribution in [-0.2, 0) is 6.42 Å². The Balaban J connectivity index is 2.91. The molecule has 20 heavy (non-hydrogen) atoms. The van der Waals surface area contributed by atoms with Crippen molar-refractivity contribution in [1.82, 2.24) is 5.32 Å². The van der Waals surface area contributed by atoms with Gasteiger partial charge in [0, 0.05) is 11.6 Å². The van der Waals surface area contributed by atoms with Crippen molar-refractivity contribution in [3.05, 3.63) is 33.8 Å². The van der Waals surface area contributed by atoms with E-state index in [-0.39, 0.29) is 17.0 Å². The monoisotopic (exact) mass is 347 g/mol. The van der Waals surface area contributed by atoms with Crippen LogP contribution in [0.2, 0.25) is 0 Å². The lowest BCUT2D eigenvalue weighted by atomic mass is 9.85. The van der Waals surface area contributed by atoms with Crippen LogP contribution < -0.4 is 5.32 Å². The lowest BCUT2D eigenvalue weighted by molar-refractivity contribution is 0.303. The highest BCUT2D eigenvalue weighted by molar-refractivity contribution is 9.10. The summed E-state index contributed by atoms with van der Waals surface area (Å²) in [6, 6.07) is 2.80. The summed E-state index contributed by atoms with van der Waals surface area (Å²) < 4.78 is 28.2. The Labute approximate surface area is 129 Å². The fraction of sp³-hybridized carbons (Fsp3) is 0.625. The standard InChI is InChI=1S/C16H24BrF2N/c1-5-8-20-11(10-16(2,3)4)9-12-14(18)7-6-13(17)15(12)19/h6-7,11,20H,5,8-10H2,1-4H3. The van der Waals surface area contributed by atoms with Crippen molar-refractivity contribution in [1.29, 1.82) is 0 Å². The van der Waals surface area contributed by atoms with Gasteiger partial charge >= 0.3 is 0 Å². The first kappa shape index (κ1) is 17.6. The molecule has 0 amide bonds. The Hall–Kier alpha value is -0.480. The average molecular weight is 348 g/mol. The van der Waals surface area contributed by atoms with Gasteiger partial charge in [0.05, 0.1) is 4.47 Å². The van der Waals surface area contributed by atoms with Crippen LogP contribution in [0.5, 0.6) is 0 Å². The maximum absolute atomic E-state index is 14.1. The molecule has 0 radical (unpaired) electrons. The molecule has 4 heteroatoms. The van der Waals surface area contributed by atoms with Gasteiger partial charge in [0.2, 0.25) is 0 Å². The van der Waals surface area contributed by atoms with Crippen molar-refractivity contribution in [3.63, 3.8) is 0 Å². The molecular formula is C16H24BrF2N. The first-order chi connectivity index (χ1) is 9.24. The van der Waals surface area contributed by atoms with Crippen LogP contribution in [-0.4, -0.2) is 12.6 Å². The molecule has 0 saturated heterocycles. The number of hydrogen-bond acceptors (Lipinski definition) is 1. The van der Waals surface area contributed by atoms with Crippen LogP contribution in [0.15, 0.2) is 16.6 Å². The third kappa shape index (κ3) is 5.49. The third-order valence-corrected chi connectivity index (χ3v) is 3.74. The molecule has 1 atom stereocenters. The van der Waals surface area contributed by atoms with Gasteiger partial charge in [-0.2, -0.15) is 0 Å². The second-order valence-corrected chi connectivity index (χ2v) is 7.30. The number of nitrogens with one attached hydrogen (secondary N) is 1. The fourth-order valence-electron chi connectivity index (χ4n) is 2.31. The first-order valence-corrected chi connectivity index (χ1v) is 7.89. The van der Waals surface area contributed by atoms with E-state index >= 15 is 0 Å². The van der Waals surface area contributed by atoms with E-state index in [1.807, 2.05) is 0 Å². The smallest absolute Gasteiger partial charge is 0.143 e. The van der Waals surface area contributed by atoms with Gasteiger partial charge in [0.15, 0.2) is 0 Å². The molecule has 1 N–H and O–H groups in total. The van der Waals surface area contributed by atoms with Crippen LogP contribution in [0.25, 0.3) is 0 Å². The van der Waals surface area contributed by atoms with Crippen molar-refractivity contribution in [2.45, 2.75) is 53.0 Å². The SMILES string of the molecule is CCCNC(Cc1c(F)ccc(Br)c1F)CC(C)(C)C. The maximum Gasteiger partial charge on any atom is 0.143 e. The molecule has 0 saturated carbocycles. The second-order valence-electron chi connectivity index (χ2n) is 6.44. The average Bonchev–Trinajstić information content (AvgIpc) is 2.34. The minimum atomic E-state index is -0.484. The van der Waals surface area contributed by atoms with E-state index in [4.69, 9.17) is 0 Å². The van der Waals surface area contributed by atoms with Gasteiger partial charge in [-0.25, -0.2) is 8.78 Å². The zero-order chi connectivity index (χ0) is 15.3. The molecule has 0 aromatic heterocycles. The Bertz CT molecular complexity index is 441. The van der Waals surface area contributed by atoms with Gasteiger partial charge in [-0.05, 0) is 59.3 Å². The molecule has 1 rings (SSSR count). The number of halogens is 3. The van der Waals surface area contributed by atoms with E-state index in [9.17, 15) is 8.78 Å². The minimum Gasteiger partial charge on any atom is -0.314 e. The summed E-state index contributed by atoms with van der Waals surface area (Å²) in [6.45, 7) is 9.36. The van der Waals surface area contributed by atoms with E-state index in [0.717, 1.165) is 19.4 Å². The predicted octanol–water partition coefficient (Wildman–Crippen LogP) is 5.07. The van der Waals surface area contributed by atoms with Crippen molar-refractivity contribution in [2.24, 2.45) is 5.41 Å². The maximum atomic E-state index is 14.1. The van der Waals surface area contributed by atoms with E-state index in [1.165, 1.54) is 12.1 Å². The summed E-state index contributed by atoms with van der Waals surface area (Å²) in [7, 11) is 0. The van der Waals surface area contributed by atoms with Gasteiger partial charge in [0.1, 0.15) is 11.6 Å². The zero-order valence-corrected chi connectivity index (χ0v) is 14.3. The van der Waals surface area contributed by atoms with Crippen LogP contribution in [0.1, 0.15) is 46.1 Å². The summed E-state index contributed by atoms with van der Waals surface area (Å²) in [5.41, 5.74) is 0.280. The van der Waals surface area contributed by atoms with E-state index < -0.39 is 11.6 Å². The first-order valence-electron chi connectivity index (χ1n) is 7.10. The van der Waals surface area contributed by atoms with Gasteiger partial charge in [-0.1, -0.05) is 27.7 Å². The van der Waals surface area contributed by atoms with Crippen molar-refractivity contribution < 1.29 is 8.78 Å². The Morgan fingerprint density at radius 2 is 1.90 bits per heavy atom. The third-order valence-electron chi connectivity index (χ3n) is 3.13. The highest BCUT2D eigenvalue weighted by atomic mass is 79.9. The summed E-state index contributed by atoms with van der Waals surface area (Å²) in [6.07, 6.45) is 2.25. The minimum absolute atomic E-state index is 0.0771. The Morgan fingerprint density at radius 3 is 2.45 bits per heavy atom. The number of benzene rings is 1. The molecule has 0 spiro atoms. The van der Waals surface area contributed by atoms with Crippen LogP contribution in [0.4, 0.5) is 8.78 Å². The Kier molecular flexibility index (Phi) is 6.59. The van der Waals surface area contributed by atoms with Crippen LogP contribution in [0.3, 0.4) is 0 Å². The fourth-order valence-corrected chi connectivity index (χ4v) is 2.68. The van der Waals surface area contributed by atoms with Crippen molar-refractivity contribution in [2.75, 3.05) is 6.54 Å². The zero-order valence-electron chi connectivity index (χ0n) is 12.7. The van der Waals surface area contributed by atoms with Gasteiger partial charge in [-0.15, -0.1) is 0 Å². The largest absolute Gasteiger partial charge is 0.314 e. The summed E-state index contributed by atoms with van der Waals surface area (Å²) in [4.78, 5) is 0. The number of rotatable bonds is 6. The quantitative estimate of drug-likeness (QED) is 0.708. The molecule has 1 nitrogen and oxygen atoms in total. The molecule has 1 unspecified atom stereocenters. The van der Waals surface area contributed by atoms with Crippen molar-refractivity contribution >= 4 is 15.9 Å². The number of hydrogen-bond donors (Lipinski definition) is 1. The Morgan fingerprint density at radius 1 is 1.25 bits per heavy atom. The molecule has 1 aromatic rings. The van der Waals surface area contributed by atoms with Gasteiger partial charge in [0.25, 0.3) is 0 Å². The lowest BCUT2D eigenvalue weighted by Gasteiger charge is -2.27. The molecular weight excluding hydrogens is 324 g/mol. The summed E-state index contributed by atoms with van der Waals surface area (Å²) >= 11 is 3.12. The molecule has 0 aliphatic heterocycles. The summed E-state index contributed by atoms with van der Waals surface area (Å²) in [5, 5.41) is 3.40. The molecule has 0 heterocycles. The summed E-state index contributed by atoms with van der Waals surface area (Å²) in [5.74, 6) is -0.954. The van der Waals surface area contributed by atoms with Gasteiger partial charge < -0.3 is 5.32 Å². The van der Waals surface area contributed by atoms with Crippen LogP contribution >= 0.6 is 15.9 Å².